The van der Waals surface area contributed by atoms with Crippen LogP contribution in [0.1, 0.15) is 12.8 Å². The molecule has 0 saturated carbocycles. The van der Waals surface area contributed by atoms with Crippen LogP contribution >= 0.6 is 0 Å². The summed E-state index contributed by atoms with van der Waals surface area (Å²) in [5.74, 6) is 0.0366. The lowest BCUT2D eigenvalue weighted by Gasteiger charge is -2.16. The summed E-state index contributed by atoms with van der Waals surface area (Å²) in [5, 5.41) is 0. The maximum Gasteiger partial charge on any atom is 0.272 e. The molecule has 2 N–H and O–H groups in total. The molecule has 2 aromatic rings. The molecule has 1 amide bonds. The smallest absolute Gasteiger partial charge is 0.272 e. The zero-order valence-electron chi connectivity index (χ0n) is 12.2. The van der Waals surface area contributed by atoms with E-state index in [0.717, 1.165) is 6.42 Å². The van der Waals surface area contributed by atoms with E-state index in [4.69, 9.17) is 0 Å². The number of carbonyl (C=O) groups is 1. The van der Waals surface area contributed by atoms with Gasteiger partial charge in [0.2, 0.25) is 5.91 Å². The zero-order chi connectivity index (χ0) is 16.4. The zero-order valence-corrected chi connectivity index (χ0v) is 13.0. The summed E-state index contributed by atoms with van der Waals surface area (Å²) in [6, 6.07) is 8.93. The topological polar surface area (TPSA) is 99.3 Å². The van der Waals surface area contributed by atoms with Gasteiger partial charge in [-0.15, -0.1) is 0 Å². The molecule has 120 valence electrons. The first-order valence-corrected chi connectivity index (χ1v) is 8.57. The van der Waals surface area contributed by atoms with E-state index in [1.54, 1.807) is 17.0 Å². The van der Waals surface area contributed by atoms with Gasteiger partial charge in [-0.1, -0.05) is 0 Å². The lowest BCUT2D eigenvalue weighted by Crippen LogP contribution is -2.24. The van der Waals surface area contributed by atoms with Gasteiger partial charge < -0.3 is 9.88 Å². The molecule has 0 spiro atoms. The van der Waals surface area contributed by atoms with E-state index in [1.807, 2.05) is 0 Å². The van der Waals surface area contributed by atoms with Gasteiger partial charge in [-0.2, -0.15) is 0 Å². The number of rotatable bonds is 4. The standard InChI is InChI=1S/C15H15N3O4S/c19-14-4-2-10-18(14)11-5-7-12(8-6-11)23(21,22)17-13-3-1-9-16-15(13)20/h1,3,5-9,17H,2,4,10H2,(H,16,20). The SMILES string of the molecule is O=C1CCCN1c1ccc(S(=O)(=O)Nc2ccc[nH]c2=O)cc1. The Labute approximate surface area is 133 Å². The summed E-state index contributed by atoms with van der Waals surface area (Å²) in [6.07, 6.45) is 2.73. The number of carbonyl (C=O) groups excluding carboxylic acids is 1. The van der Waals surface area contributed by atoms with E-state index >= 15 is 0 Å². The average molecular weight is 333 g/mol. The van der Waals surface area contributed by atoms with Gasteiger partial charge in [-0.05, 0) is 42.8 Å². The summed E-state index contributed by atoms with van der Waals surface area (Å²) in [4.78, 5) is 27.3. The summed E-state index contributed by atoms with van der Waals surface area (Å²) >= 11 is 0. The third kappa shape index (κ3) is 3.11. The molecule has 8 heteroatoms. The molecule has 1 aliphatic heterocycles. The van der Waals surface area contributed by atoms with Crippen molar-refractivity contribution in [1.29, 1.82) is 0 Å². The highest BCUT2D eigenvalue weighted by atomic mass is 32.2. The van der Waals surface area contributed by atoms with Crippen molar-refractivity contribution in [3.8, 4) is 0 Å². The second kappa shape index (κ2) is 5.88. The fourth-order valence-electron chi connectivity index (χ4n) is 2.43. The van der Waals surface area contributed by atoms with E-state index in [9.17, 15) is 18.0 Å². The minimum atomic E-state index is -3.86. The Bertz CT molecular complexity index is 887. The number of pyridine rings is 1. The van der Waals surface area contributed by atoms with Crippen LogP contribution in [0, 0.1) is 0 Å². The lowest BCUT2D eigenvalue weighted by molar-refractivity contribution is -0.117. The number of aromatic amines is 1. The van der Waals surface area contributed by atoms with Crippen molar-refractivity contribution in [1.82, 2.24) is 4.98 Å². The molecule has 1 fully saturated rings. The van der Waals surface area contributed by atoms with Crippen LogP contribution in [0.25, 0.3) is 0 Å². The Kier molecular flexibility index (Phi) is 3.91. The van der Waals surface area contributed by atoms with Crippen molar-refractivity contribution in [2.75, 3.05) is 16.2 Å². The summed E-state index contributed by atoms with van der Waals surface area (Å²) < 4.78 is 26.9. The Morgan fingerprint density at radius 2 is 1.83 bits per heavy atom. The fraction of sp³-hybridized carbons (Fsp3) is 0.200. The third-order valence-corrected chi connectivity index (χ3v) is 4.98. The fourth-order valence-corrected chi connectivity index (χ4v) is 3.49. The van der Waals surface area contributed by atoms with Crippen LogP contribution in [-0.2, 0) is 14.8 Å². The number of hydrogen-bond donors (Lipinski definition) is 2. The first kappa shape index (κ1) is 15.3. The normalized spacial score (nSPS) is 15.0. The minimum Gasteiger partial charge on any atom is -0.327 e. The monoisotopic (exact) mass is 333 g/mol. The molecule has 0 bridgehead atoms. The first-order chi connectivity index (χ1) is 11.0. The number of sulfonamides is 1. The van der Waals surface area contributed by atoms with Crippen LogP contribution in [0.15, 0.2) is 52.3 Å². The van der Waals surface area contributed by atoms with E-state index < -0.39 is 15.6 Å². The van der Waals surface area contributed by atoms with Crippen molar-refractivity contribution in [2.45, 2.75) is 17.7 Å². The number of aromatic nitrogens is 1. The molecule has 23 heavy (non-hydrogen) atoms. The predicted octanol–water partition coefficient (Wildman–Crippen LogP) is 1.30. The molecular formula is C15H15N3O4S. The van der Waals surface area contributed by atoms with Crippen molar-refractivity contribution >= 4 is 27.3 Å². The van der Waals surface area contributed by atoms with Crippen LogP contribution in [0.2, 0.25) is 0 Å². The molecule has 0 unspecified atom stereocenters. The number of amides is 1. The average Bonchev–Trinajstić information content (AvgIpc) is 2.96. The summed E-state index contributed by atoms with van der Waals surface area (Å²) in [6.45, 7) is 0.641. The molecule has 1 aliphatic rings. The predicted molar refractivity (Wildman–Crippen MR) is 85.9 cm³/mol. The highest BCUT2D eigenvalue weighted by Gasteiger charge is 2.22. The highest BCUT2D eigenvalue weighted by Crippen LogP contribution is 2.23. The van der Waals surface area contributed by atoms with E-state index in [-0.39, 0.29) is 16.5 Å². The quantitative estimate of drug-likeness (QED) is 0.881. The largest absolute Gasteiger partial charge is 0.327 e. The van der Waals surface area contributed by atoms with Gasteiger partial charge in [0.15, 0.2) is 0 Å². The lowest BCUT2D eigenvalue weighted by atomic mass is 10.3. The van der Waals surface area contributed by atoms with E-state index in [2.05, 4.69) is 9.71 Å². The van der Waals surface area contributed by atoms with E-state index in [1.165, 1.54) is 30.5 Å². The minimum absolute atomic E-state index is 0.0242. The van der Waals surface area contributed by atoms with Crippen LogP contribution in [0.5, 0.6) is 0 Å². The Balaban J connectivity index is 1.85. The summed E-state index contributed by atoms with van der Waals surface area (Å²) in [5.41, 5.74) is 0.102. The Hall–Kier alpha value is -2.61. The van der Waals surface area contributed by atoms with Crippen molar-refractivity contribution < 1.29 is 13.2 Å². The summed E-state index contributed by atoms with van der Waals surface area (Å²) in [7, 11) is -3.86. The first-order valence-electron chi connectivity index (χ1n) is 7.08. The molecular weight excluding hydrogens is 318 g/mol. The number of hydrogen-bond acceptors (Lipinski definition) is 4. The number of H-pyrrole nitrogens is 1. The van der Waals surface area contributed by atoms with Crippen LogP contribution in [-0.4, -0.2) is 25.9 Å². The molecule has 1 aromatic carbocycles. The molecule has 1 aromatic heterocycles. The molecule has 0 aliphatic carbocycles. The van der Waals surface area contributed by atoms with Crippen molar-refractivity contribution in [3.05, 3.63) is 52.9 Å². The highest BCUT2D eigenvalue weighted by molar-refractivity contribution is 7.92. The van der Waals surface area contributed by atoms with Gasteiger partial charge in [0.25, 0.3) is 15.6 Å². The second-order valence-corrected chi connectivity index (χ2v) is 6.84. The van der Waals surface area contributed by atoms with Gasteiger partial charge in [0, 0.05) is 24.8 Å². The number of benzene rings is 1. The molecule has 1 saturated heterocycles. The Morgan fingerprint density at radius 1 is 1.09 bits per heavy atom. The van der Waals surface area contributed by atoms with Crippen LogP contribution in [0.4, 0.5) is 11.4 Å². The Morgan fingerprint density at radius 3 is 2.43 bits per heavy atom. The third-order valence-electron chi connectivity index (χ3n) is 3.59. The molecule has 0 atom stereocenters. The second-order valence-electron chi connectivity index (χ2n) is 5.16. The molecule has 2 heterocycles. The number of anilines is 2. The maximum absolute atomic E-state index is 12.3. The van der Waals surface area contributed by atoms with Gasteiger partial charge in [0.1, 0.15) is 5.69 Å². The number of nitrogens with one attached hydrogen (secondary N) is 2. The maximum atomic E-state index is 12.3. The van der Waals surface area contributed by atoms with Crippen LogP contribution < -0.4 is 15.2 Å². The van der Waals surface area contributed by atoms with Gasteiger partial charge >= 0.3 is 0 Å². The van der Waals surface area contributed by atoms with Gasteiger partial charge in [-0.3, -0.25) is 14.3 Å². The molecule has 3 rings (SSSR count). The van der Waals surface area contributed by atoms with Crippen LogP contribution in [0.3, 0.4) is 0 Å². The number of nitrogens with zero attached hydrogens (tertiary/aromatic N) is 1. The van der Waals surface area contributed by atoms with Gasteiger partial charge in [0.05, 0.1) is 4.90 Å². The van der Waals surface area contributed by atoms with Crippen molar-refractivity contribution in [2.24, 2.45) is 0 Å². The molecule has 0 radical (unpaired) electrons. The van der Waals surface area contributed by atoms with Gasteiger partial charge in [-0.25, -0.2) is 8.42 Å². The van der Waals surface area contributed by atoms with E-state index in [0.29, 0.717) is 18.7 Å². The van der Waals surface area contributed by atoms with Crippen molar-refractivity contribution in [3.63, 3.8) is 0 Å². The molecule has 7 nitrogen and oxygen atoms in total.